The third-order valence-electron chi connectivity index (χ3n) is 4.53. The summed E-state index contributed by atoms with van der Waals surface area (Å²) < 4.78 is 7.22. The first-order valence-corrected chi connectivity index (χ1v) is 9.49. The number of hydrogen-bond donors (Lipinski definition) is 4. The number of aromatic nitrogens is 4. The molecular formula is C17H19Cl2N5O4. The Labute approximate surface area is 169 Å². The van der Waals surface area contributed by atoms with Crippen LogP contribution in [0.2, 0.25) is 10.0 Å². The maximum atomic E-state index is 10.5. The average molecular weight is 428 g/mol. The van der Waals surface area contributed by atoms with Gasteiger partial charge in [-0.1, -0.05) is 23.2 Å². The van der Waals surface area contributed by atoms with Crippen molar-refractivity contribution in [2.45, 2.75) is 44.4 Å². The SMILES string of the molecule is CC(C)Nc1nc2nc3cc(Cl)c(Cl)cc3nc2n1C1OC(CO)C(O)C1O. The molecule has 11 heteroatoms. The Kier molecular flexibility index (Phi) is 5.07. The monoisotopic (exact) mass is 427 g/mol. The van der Waals surface area contributed by atoms with Crippen LogP contribution in [0.1, 0.15) is 20.1 Å². The van der Waals surface area contributed by atoms with Gasteiger partial charge in [0.1, 0.15) is 18.3 Å². The van der Waals surface area contributed by atoms with Gasteiger partial charge in [-0.25, -0.2) is 9.97 Å². The molecule has 4 rings (SSSR count). The number of anilines is 1. The third kappa shape index (κ3) is 3.18. The molecule has 0 saturated carbocycles. The van der Waals surface area contributed by atoms with E-state index < -0.39 is 31.1 Å². The van der Waals surface area contributed by atoms with Crippen molar-refractivity contribution in [1.82, 2.24) is 19.5 Å². The standard InChI is InChI=1S/C17H19Cl2N5O4/c1-6(2)20-17-23-14-15(22-10-4-8(19)7(18)3-9(10)21-14)24(17)16-13(27)12(26)11(5-25)28-16/h3-4,6,11-13,16,25-27H,5H2,1-2H3,(H,20,21,23). The lowest BCUT2D eigenvalue weighted by Gasteiger charge is -2.20. The highest BCUT2D eigenvalue weighted by atomic mass is 35.5. The van der Waals surface area contributed by atoms with E-state index in [1.54, 1.807) is 12.1 Å². The normalized spacial score (nSPS) is 25.3. The van der Waals surface area contributed by atoms with Gasteiger partial charge in [-0.2, -0.15) is 4.98 Å². The molecule has 9 nitrogen and oxygen atoms in total. The zero-order valence-electron chi connectivity index (χ0n) is 15.0. The summed E-state index contributed by atoms with van der Waals surface area (Å²) in [6.45, 7) is 3.42. The molecule has 0 bridgehead atoms. The number of aliphatic hydroxyl groups is 3. The van der Waals surface area contributed by atoms with E-state index in [0.717, 1.165) is 0 Å². The summed E-state index contributed by atoms with van der Waals surface area (Å²) in [7, 11) is 0. The summed E-state index contributed by atoms with van der Waals surface area (Å²) in [4.78, 5) is 13.6. The first kappa shape index (κ1) is 19.6. The number of halogens is 2. The highest BCUT2D eigenvalue weighted by Gasteiger charge is 2.45. The molecule has 1 aliphatic heterocycles. The molecule has 28 heavy (non-hydrogen) atoms. The van der Waals surface area contributed by atoms with Crippen molar-refractivity contribution in [1.29, 1.82) is 0 Å². The zero-order valence-corrected chi connectivity index (χ0v) is 16.6. The van der Waals surface area contributed by atoms with E-state index >= 15 is 0 Å². The molecule has 150 valence electrons. The minimum absolute atomic E-state index is 0.0194. The van der Waals surface area contributed by atoms with Crippen molar-refractivity contribution in [3.8, 4) is 0 Å². The minimum Gasteiger partial charge on any atom is -0.394 e. The second kappa shape index (κ2) is 7.25. The molecule has 0 radical (unpaired) electrons. The maximum absolute atomic E-state index is 10.5. The van der Waals surface area contributed by atoms with E-state index in [1.807, 2.05) is 13.8 Å². The van der Waals surface area contributed by atoms with Crippen LogP contribution in [-0.4, -0.2) is 65.8 Å². The number of nitrogens with one attached hydrogen (secondary N) is 1. The highest BCUT2D eigenvalue weighted by molar-refractivity contribution is 6.42. The summed E-state index contributed by atoms with van der Waals surface area (Å²) in [5.74, 6) is 0.368. The van der Waals surface area contributed by atoms with Crippen molar-refractivity contribution in [2.75, 3.05) is 11.9 Å². The summed E-state index contributed by atoms with van der Waals surface area (Å²) >= 11 is 12.2. The van der Waals surface area contributed by atoms with Crippen LogP contribution in [0.4, 0.5) is 5.95 Å². The minimum atomic E-state index is -1.28. The van der Waals surface area contributed by atoms with Crippen molar-refractivity contribution in [2.24, 2.45) is 0 Å². The Morgan fingerprint density at radius 1 is 1.11 bits per heavy atom. The van der Waals surface area contributed by atoms with Gasteiger partial charge in [0.15, 0.2) is 17.5 Å². The molecule has 2 aromatic heterocycles. The van der Waals surface area contributed by atoms with Crippen LogP contribution >= 0.6 is 23.2 Å². The number of nitrogens with zero attached hydrogens (tertiary/aromatic N) is 4. The lowest BCUT2D eigenvalue weighted by Crippen LogP contribution is -2.33. The van der Waals surface area contributed by atoms with Gasteiger partial charge in [-0.15, -0.1) is 0 Å². The predicted molar refractivity (Wildman–Crippen MR) is 105 cm³/mol. The van der Waals surface area contributed by atoms with Gasteiger partial charge in [-0.3, -0.25) is 4.57 Å². The maximum Gasteiger partial charge on any atom is 0.209 e. The molecule has 0 aliphatic carbocycles. The number of fused-ring (bicyclic) bond motifs is 2. The van der Waals surface area contributed by atoms with Crippen LogP contribution in [0.15, 0.2) is 12.1 Å². The van der Waals surface area contributed by atoms with Gasteiger partial charge in [0.25, 0.3) is 0 Å². The number of hydrogen-bond acceptors (Lipinski definition) is 8. The Hall–Kier alpha value is -1.75. The van der Waals surface area contributed by atoms with Crippen molar-refractivity contribution in [3.05, 3.63) is 22.2 Å². The first-order valence-electron chi connectivity index (χ1n) is 8.74. The van der Waals surface area contributed by atoms with Crippen LogP contribution in [-0.2, 0) is 4.74 Å². The Morgan fingerprint density at radius 2 is 1.75 bits per heavy atom. The quantitative estimate of drug-likeness (QED) is 0.495. The molecule has 4 atom stereocenters. The topological polar surface area (TPSA) is 126 Å². The summed E-state index contributed by atoms with van der Waals surface area (Å²) in [6, 6.07) is 3.22. The fourth-order valence-corrected chi connectivity index (χ4v) is 3.53. The number of ether oxygens (including phenoxy) is 1. The molecule has 3 aromatic rings. The van der Waals surface area contributed by atoms with Crippen LogP contribution < -0.4 is 5.32 Å². The second-order valence-corrected chi connectivity index (χ2v) is 7.77. The molecule has 0 spiro atoms. The van der Waals surface area contributed by atoms with E-state index in [4.69, 9.17) is 27.9 Å². The number of aliphatic hydroxyl groups excluding tert-OH is 3. The number of imidazole rings is 1. The average Bonchev–Trinajstić information content (AvgIpc) is 3.10. The van der Waals surface area contributed by atoms with Crippen LogP contribution in [0, 0.1) is 0 Å². The largest absolute Gasteiger partial charge is 0.394 e. The molecule has 0 amide bonds. The van der Waals surface area contributed by atoms with Crippen molar-refractivity contribution >= 4 is 51.5 Å². The van der Waals surface area contributed by atoms with E-state index in [2.05, 4.69) is 20.3 Å². The van der Waals surface area contributed by atoms with Crippen LogP contribution in [0.3, 0.4) is 0 Å². The molecule has 1 saturated heterocycles. The van der Waals surface area contributed by atoms with E-state index in [1.165, 1.54) is 4.57 Å². The highest BCUT2D eigenvalue weighted by Crippen LogP contribution is 2.35. The molecular weight excluding hydrogens is 409 g/mol. The summed E-state index contributed by atoms with van der Waals surface area (Å²) in [5, 5.41) is 33.9. The third-order valence-corrected chi connectivity index (χ3v) is 5.25. The molecule has 4 N–H and O–H groups in total. The first-order chi connectivity index (χ1) is 13.3. The van der Waals surface area contributed by atoms with Gasteiger partial charge in [-0.05, 0) is 26.0 Å². The molecule has 1 aliphatic rings. The smallest absolute Gasteiger partial charge is 0.209 e. The van der Waals surface area contributed by atoms with E-state index in [-0.39, 0.29) is 6.04 Å². The van der Waals surface area contributed by atoms with Crippen LogP contribution in [0.25, 0.3) is 22.3 Å². The summed E-state index contributed by atoms with van der Waals surface area (Å²) in [6.07, 6.45) is -4.46. The van der Waals surface area contributed by atoms with Gasteiger partial charge in [0.2, 0.25) is 5.95 Å². The van der Waals surface area contributed by atoms with Gasteiger partial charge in [0.05, 0.1) is 27.7 Å². The summed E-state index contributed by atoms with van der Waals surface area (Å²) in [5.41, 5.74) is 1.66. The number of rotatable bonds is 4. The predicted octanol–water partition coefficient (Wildman–Crippen LogP) is 1.72. The number of benzene rings is 1. The molecule has 1 fully saturated rings. The van der Waals surface area contributed by atoms with Gasteiger partial charge >= 0.3 is 0 Å². The van der Waals surface area contributed by atoms with Crippen molar-refractivity contribution < 1.29 is 20.1 Å². The molecule has 4 unspecified atom stereocenters. The van der Waals surface area contributed by atoms with E-state index in [0.29, 0.717) is 38.3 Å². The lowest BCUT2D eigenvalue weighted by atomic mass is 10.1. The lowest BCUT2D eigenvalue weighted by molar-refractivity contribution is -0.0501. The van der Waals surface area contributed by atoms with Gasteiger partial charge < -0.3 is 25.4 Å². The second-order valence-electron chi connectivity index (χ2n) is 6.96. The Morgan fingerprint density at radius 3 is 2.32 bits per heavy atom. The zero-order chi connectivity index (χ0) is 20.2. The Bertz CT molecular complexity index is 1040. The fourth-order valence-electron chi connectivity index (χ4n) is 3.22. The van der Waals surface area contributed by atoms with E-state index in [9.17, 15) is 15.3 Å². The van der Waals surface area contributed by atoms with Crippen LogP contribution in [0.5, 0.6) is 0 Å². The van der Waals surface area contributed by atoms with Crippen molar-refractivity contribution in [3.63, 3.8) is 0 Å². The fraction of sp³-hybridized carbons (Fsp3) is 0.471. The van der Waals surface area contributed by atoms with Gasteiger partial charge in [0, 0.05) is 6.04 Å². The Balaban J connectivity index is 1.94. The molecule has 3 heterocycles. The molecule has 1 aromatic carbocycles.